The smallest absolute Gasteiger partial charge is 0.272 e. The van der Waals surface area contributed by atoms with E-state index in [1.807, 2.05) is 13.8 Å². The summed E-state index contributed by atoms with van der Waals surface area (Å²) in [5.41, 5.74) is 0. The van der Waals surface area contributed by atoms with Crippen molar-refractivity contribution in [1.29, 1.82) is 0 Å². The van der Waals surface area contributed by atoms with Gasteiger partial charge in [0, 0.05) is 19.0 Å². The minimum atomic E-state index is -2.50. The number of halogens is 2. The number of rotatable bonds is 6. The highest BCUT2D eigenvalue weighted by atomic mass is 19.3. The molecular formula is C10H15F2N3O. The van der Waals surface area contributed by atoms with Crippen molar-refractivity contribution in [3.05, 3.63) is 11.9 Å². The number of ether oxygens (including phenoxy) is 1. The SMILES string of the molecule is CCNc1cc(OCC(F)F)nc(CC)n1. The molecule has 0 aliphatic carbocycles. The van der Waals surface area contributed by atoms with Gasteiger partial charge in [0.25, 0.3) is 6.43 Å². The lowest BCUT2D eigenvalue weighted by Crippen LogP contribution is -2.10. The predicted molar refractivity (Wildman–Crippen MR) is 57.1 cm³/mol. The minimum absolute atomic E-state index is 0.183. The van der Waals surface area contributed by atoms with Crippen molar-refractivity contribution in [3.63, 3.8) is 0 Å². The highest BCUT2D eigenvalue weighted by Crippen LogP contribution is 2.14. The number of nitrogens with one attached hydrogen (secondary N) is 1. The number of hydrogen-bond acceptors (Lipinski definition) is 4. The first-order valence-electron chi connectivity index (χ1n) is 5.18. The van der Waals surface area contributed by atoms with Crippen LogP contribution in [0.5, 0.6) is 5.88 Å². The van der Waals surface area contributed by atoms with Gasteiger partial charge in [-0.3, -0.25) is 0 Å². The lowest BCUT2D eigenvalue weighted by Gasteiger charge is -2.08. The molecule has 90 valence electrons. The fourth-order valence-corrected chi connectivity index (χ4v) is 1.12. The quantitative estimate of drug-likeness (QED) is 0.814. The van der Waals surface area contributed by atoms with Crippen molar-refractivity contribution in [2.75, 3.05) is 18.5 Å². The van der Waals surface area contributed by atoms with Crippen LogP contribution in [0.25, 0.3) is 0 Å². The van der Waals surface area contributed by atoms with Gasteiger partial charge in [-0.05, 0) is 6.92 Å². The molecule has 1 heterocycles. The summed E-state index contributed by atoms with van der Waals surface area (Å²) in [4.78, 5) is 8.18. The van der Waals surface area contributed by atoms with E-state index in [-0.39, 0.29) is 5.88 Å². The van der Waals surface area contributed by atoms with Gasteiger partial charge in [0.2, 0.25) is 5.88 Å². The van der Waals surface area contributed by atoms with Crippen LogP contribution < -0.4 is 10.1 Å². The Balaban J connectivity index is 2.77. The van der Waals surface area contributed by atoms with E-state index in [2.05, 4.69) is 15.3 Å². The molecule has 0 aliphatic rings. The van der Waals surface area contributed by atoms with Crippen LogP contribution in [0.3, 0.4) is 0 Å². The zero-order chi connectivity index (χ0) is 12.0. The predicted octanol–water partition coefficient (Wildman–Crippen LogP) is 2.11. The standard InChI is InChI=1S/C10H15F2N3O/c1-3-8-14-9(13-4-2)5-10(15-8)16-6-7(11)12/h5,7H,3-4,6H2,1-2H3,(H,13,14,15). The van der Waals surface area contributed by atoms with Crippen molar-refractivity contribution < 1.29 is 13.5 Å². The average molecular weight is 231 g/mol. The van der Waals surface area contributed by atoms with Crippen LogP contribution in [0, 0.1) is 0 Å². The summed E-state index contributed by atoms with van der Waals surface area (Å²) < 4.78 is 28.8. The van der Waals surface area contributed by atoms with E-state index in [4.69, 9.17) is 4.74 Å². The Labute approximate surface area is 93.1 Å². The van der Waals surface area contributed by atoms with Gasteiger partial charge < -0.3 is 10.1 Å². The molecule has 0 aromatic carbocycles. The Hall–Kier alpha value is -1.46. The number of aromatic nitrogens is 2. The third kappa shape index (κ3) is 3.96. The number of hydrogen-bond donors (Lipinski definition) is 1. The van der Waals surface area contributed by atoms with E-state index < -0.39 is 13.0 Å². The summed E-state index contributed by atoms with van der Waals surface area (Å²) in [6.45, 7) is 3.87. The Morgan fingerprint density at radius 2 is 2.12 bits per heavy atom. The monoisotopic (exact) mass is 231 g/mol. The topological polar surface area (TPSA) is 47.0 Å². The van der Waals surface area contributed by atoms with E-state index in [1.165, 1.54) is 6.07 Å². The summed E-state index contributed by atoms with van der Waals surface area (Å²) in [6, 6.07) is 1.52. The van der Waals surface area contributed by atoms with Gasteiger partial charge in [-0.25, -0.2) is 13.8 Å². The van der Waals surface area contributed by atoms with Gasteiger partial charge in [0.1, 0.15) is 11.6 Å². The largest absolute Gasteiger partial charge is 0.471 e. The maximum Gasteiger partial charge on any atom is 0.272 e. The minimum Gasteiger partial charge on any atom is -0.471 e. The molecule has 0 bridgehead atoms. The number of alkyl halides is 2. The van der Waals surface area contributed by atoms with E-state index in [1.54, 1.807) is 0 Å². The van der Waals surface area contributed by atoms with Gasteiger partial charge in [0.05, 0.1) is 0 Å². The summed E-state index contributed by atoms with van der Waals surface area (Å²) in [5, 5.41) is 2.99. The van der Waals surface area contributed by atoms with Crippen LogP contribution in [-0.2, 0) is 6.42 Å². The normalized spacial score (nSPS) is 10.6. The molecule has 1 aromatic rings. The first-order chi connectivity index (χ1) is 7.65. The molecule has 0 saturated carbocycles. The average Bonchev–Trinajstić information content (AvgIpc) is 2.26. The highest BCUT2D eigenvalue weighted by Gasteiger charge is 2.07. The molecule has 6 heteroatoms. The van der Waals surface area contributed by atoms with Crippen molar-refractivity contribution in [1.82, 2.24) is 9.97 Å². The molecule has 0 spiro atoms. The van der Waals surface area contributed by atoms with Crippen molar-refractivity contribution in [2.24, 2.45) is 0 Å². The molecule has 0 aliphatic heterocycles. The Morgan fingerprint density at radius 3 is 2.69 bits per heavy atom. The molecule has 1 aromatic heterocycles. The van der Waals surface area contributed by atoms with Gasteiger partial charge in [0.15, 0.2) is 6.61 Å². The van der Waals surface area contributed by atoms with Crippen LogP contribution in [0.1, 0.15) is 19.7 Å². The number of nitrogens with zero attached hydrogens (tertiary/aromatic N) is 2. The maximum absolute atomic E-state index is 12.0. The molecule has 0 unspecified atom stereocenters. The van der Waals surface area contributed by atoms with Crippen LogP contribution >= 0.6 is 0 Å². The zero-order valence-corrected chi connectivity index (χ0v) is 9.33. The maximum atomic E-state index is 12.0. The van der Waals surface area contributed by atoms with Gasteiger partial charge in [-0.1, -0.05) is 6.92 Å². The molecule has 16 heavy (non-hydrogen) atoms. The summed E-state index contributed by atoms with van der Waals surface area (Å²) in [5.74, 6) is 1.35. The molecule has 0 radical (unpaired) electrons. The summed E-state index contributed by atoms with van der Waals surface area (Å²) in [7, 11) is 0. The van der Waals surface area contributed by atoms with Crippen LogP contribution in [0.4, 0.5) is 14.6 Å². The second-order valence-electron chi connectivity index (χ2n) is 3.09. The molecule has 1 N–H and O–H groups in total. The van der Waals surface area contributed by atoms with E-state index >= 15 is 0 Å². The lowest BCUT2D eigenvalue weighted by atomic mass is 10.4. The van der Waals surface area contributed by atoms with Crippen molar-refractivity contribution >= 4 is 5.82 Å². The molecule has 0 atom stereocenters. The molecule has 0 saturated heterocycles. The number of aryl methyl sites for hydroxylation is 1. The Kier molecular flexibility index (Phi) is 4.88. The fourth-order valence-electron chi connectivity index (χ4n) is 1.12. The first-order valence-corrected chi connectivity index (χ1v) is 5.18. The second-order valence-corrected chi connectivity index (χ2v) is 3.09. The Morgan fingerprint density at radius 1 is 1.38 bits per heavy atom. The van der Waals surface area contributed by atoms with Crippen LogP contribution in [-0.4, -0.2) is 29.5 Å². The third-order valence-corrected chi connectivity index (χ3v) is 1.78. The van der Waals surface area contributed by atoms with Crippen LogP contribution in [0.15, 0.2) is 6.07 Å². The molecule has 0 fully saturated rings. The third-order valence-electron chi connectivity index (χ3n) is 1.78. The molecule has 1 rings (SSSR count). The molecule has 4 nitrogen and oxygen atoms in total. The van der Waals surface area contributed by atoms with E-state index in [0.29, 0.717) is 24.6 Å². The number of anilines is 1. The zero-order valence-electron chi connectivity index (χ0n) is 9.33. The highest BCUT2D eigenvalue weighted by molar-refractivity contribution is 5.38. The summed E-state index contributed by atoms with van der Waals surface area (Å²) in [6.07, 6.45) is -1.87. The summed E-state index contributed by atoms with van der Waals surface area (Å²) >= 11 is 0. The van der Waals surface area contributed by atoms with Gasteiger partial charge in [-0.15, -0.1) is 0 Å². The molecule has 0 amide bonds. The second kappa shape index (κ2) is 6.19. The van der Waals surface area contributed by atoms with Crippen molar-refractivity contribution in [2.45, 2.75) is 26.7 Å². The fraction of sp³-hybridized carbons (Fsp3) is 0.600. The Bertz CT molecular complexity index is 334. The molecular weight excluding hydrogens is 216 g/mol. The van der Waals surface area contributed by atoms with Gasteiger partial charge in [-0.2, -0.15) is 4.98 Å². The van der Waals surface area contributed by atoms with Crippen LogP contribution in [0.2, 0.25) is 0 Å². The van der Waals surface area contributed by atoms with E-state index in [0.717, 1.165) is 0 Å². The van der Waals surface area contributed by atoms with Gasteiger partial charge >= 0.3 is 0 Å². The first kappa shape index (κ1) is 12.6. The van der Waals surface area contributed by atoms with Crippen molar-refractivity contribution in [3.8, 4) is 5.88 Å². The lowest BCUT2D eigenvalue weighted by molar-refractivity contribution is 0.0794. The van der Waals surface area contributed by atoms with E-state index in [9.17, 15) is 8.78 Å².